The van der Waals surface area contributed by atoms with Crippen LogP contribution in [0.15, 0.2) is 36.7 Å². The smallest absolute Gasteiger partial charge is 0.285 e. The molecule has 0 saturated carbocycles. The molecule has 0 aliphatic carbocycles. The Labute approximate surface area is 230 Å². The first-order valence-electron chi connectivity index (χ1n) is 12.2. The molecule has 210 valence electrons. The van der Waals surface area contributed by atoms with E-state index < -0.39 is 16.0 Å². The number of hydrogen-bond acceptors (Lipinski definition) is 13. The van der Waals surface area contributed by atoms with Gasteiger partial charge in [0.05, 0.1) is 31.6 Å². The summed E-state index contributed by atoms with van der Waals surface area (Å²) in [5.41, 5.74) is 10.6. The number of rotatable bonds is 8. The Hall–Kier alpha value is -4.41. The van der Waals surface area contributed by atoms with E-state index >= 15 is 0 Å². The second-order valence-electron chi connectivity index (χ2n) is 9.20. The number of ether oxygens (including phenoxy) is 1. The summed E-state index contributed by atoms with van der Waals surface area (Å²) in [6.07, 6.45) is 3.36. The van der Waals surface area contributed by atoms with Gasteiger partial charge in [-0.15, -0.1) is 4.28 Å². The minimum Gasteiger partial charge on any atom is -0.399 e. The van der Waals surface area contributed by atoms with Crippen LogP contribution in [0.1, 0.15) is 16.2 Å². The van der Waals surface area contributed by atoms with E-state index in [4.69, 9.17) is 25.4 Å². The maximum Gasteiger partial charge on any atom is 0.285 e. The molecule has 0 bridgehead atoms. The van der Waals surface area contributed by atoms with Crippen LogP contribution in [-0.2, 0) is 32.7 Å². The molecule has 40 heavy (non-hydrogen) atoms. The van der Waals surface area contributed by atoms with Gasteiger partial charge in [0.25, 0.3) is 16.0 Å². The van der Waals surface area contributed by atoms with E-state index in [1.54, 1.807) is 11.9 Å². The zero-order valence-corrected chi connectivity index (χ0v) is 22.9. The quantitative estimate of drug-likeness (QED) is 0.221. The van der Waals surface area contributed by atoms with Crippen molar-refractivity contribution < 1.29 is 22.2 Å². The number of nitrogens with zero attached hydrogens (tertiary/aromatic N) is 8. The second-order valence-corrected chi connectivity index (χ2v) is 10.8. The second kappa shape index (κ2) is 11.0. The van der Waals surface area contributed by atoms with Crippen LogP contribution in [0.25, 0.3) is 22.6 Å². The van der Waals surface area contributed by atoms with Crippen molar-refractivity contribution in [1.82, 2.24) is 35.0 Å². The molecule has 1 aromatic carbocycles. The number of amides is 1. The highest BCUT2D eigenvalue weighted by Gasteiger charge is 2.23. The molecule has 3 N–H and O–H groups in total. The van der Waals surface area contributed by atoms with Gasteiger partial charge < -0.3 is 24.8 Å². The SMILES string of the molecule is CN(Cc1nc2c(N3CCOCC3)nc(-c3ccc(N)cc3)nc2n1C)c1ncc(C(=O)NOS(C)(=O)=O)cn1. The maximum atomic E-state index is 12.1. The third kappa shape index (κ3) is 5.93. The summed E-state index contributed by atoms with van der Waals surface area (Å²) in [5.74, 6) is 1.53. The number of morpholine rings is 1. The topological polar surface area (TPSA) is 184 Å². The van der Waals surface area contributed by atoms with Crippen LogP contribution in [0.2, 0.25) is 0 Å². The summed E-state index contributed by atoms with van der Waals surface area (Å²) < 4.78 is 33.9. The number of imidazole rings is 1. The van der Waals surface area contributed by atoms with Crippen LogP contribution in [0, 0.1) is 0 Å². The van der Waals surface area contributed by atoms with Crippen molar-refractivity contribution >= 4 is 44.6 Å². The van der Waals surface area contributed by atoms with Gasteiger partial charge in [0.1, 0.15) is 5.82 Å². The van der Waals surface area contributed by atoms with Gasteiger partial charge in [0.15, 0.2) is 22.8 Å². The number of aryl methyl sites for hydroxylation is 1. The number of fused-ring (bicyclic) bond motifs is 1. The molecule has 0 atom stereocenters. The third-order valence-electron chi connectivity index (χ3n) is 6.18. The molecule has 1 aliphatic heterocycles. The minimum atomic E-state index is -3.84. The van der Waals surface area contributed by atoms with Crippen LogP contribution in [0.5, 0.6) is 0 Å². The predicted molar refractivity (Wildman–Crippen MR) is 147 cm³/mol. The lowest BCUT2D eigenvalue weighted by Gasteiger charge is -2.28. The lowest BCUT2D eigenvalue weighted by Crippen LogP contribution is -2.37. The van der Waals surface area contributed by atoms with Gasteiger partial charge in [-0.05, 0) is 24.3 Å². The largest absolute Gasteiger partial charge is 0.399 e. The monoisotopic (exact) mass is 568 g/mol. The van der Waals surface area contributed by atoms with Crippen LogP contribution in [0.4, 0.5) is 17.5 Å². The summed E-state index contributed by atoms with van der Waals surface area (Å²) in [5, 5.41) is 0. The normalized spacial score (nSPS) is 13.9. The number of carbonyl (C=O) groups excluding carboxylic acids is 1. The van der Waals surface area contributed by atoms with Gasteiger partial charge in [0.2, 0.25) is 5.95 Å². The number of hydroxylamine groups is 1. The van der Waals surface area contributed by atoms with Crippen LogP contribution in [-0.4, -0.2) is 83.4 Å². The van der Waals surface area contributed by atoms with E-state index in [1.807, 2.05) is 41.4 Å². The molecule has 1 aliphatic rings. The molecule has 4 aromatic rings. The average molecular weight is 569 g/mol. The van der Waals surface area contributed by atoms with Gasteiger partial charge in [-0.1, -0.05) is 0 Å². The van der Waals surface area contributed by atoms with Crippen molar-refractivity contribution in [2.24, 2.45) is 7.05 Å². The molecule has 1 saturated heterocycles. The Morgan fingerprint density at radius 3 is 2.45 bits per heavy atom. The van der Waals surface area contributed by atoms with Gasteiger partial charge >= 0.3 is 0 Å². The van der Waals surface area contributed by atoms with E-state index in [9.17, 15) is 13.2 Å². The predicted octanol–water partition coefficient (Wildman–Crippen LogP) is 0.497. The molecule has 0 unspecified atom stereocenters. The number of anilines is 3. The van der Waals surface area contributed by atoms with E-state index in [-0.39, 0.29) is 5.56 Å². The summed E-state index contributed by atoms with van der Waals surface area (Å²) in [7, 11) is -0.170. The van der Waals surface area contributed by atoms with Gasteiger partial charge in [-0.2, -0.15) is 8.42 Å². The fraction of sp³-hybridized carbons (Fsp3) is 0.333. The fourth-order valence-electron chi connectivity index (χ4n) is 4.08. The number of nitrogens with two attached hydrogens (primary N) is 1. The van der Waals surface area contributed by atoms with Crippen LogP contribution >= 0.6 is 0 Å². The number of nitrogen functional groups attached to an aromatic ring is 1. The van der Waals surface area contributed by atoms with Gasteiger partial charge in [-0.3, -0.25) is 4.79 Å². The van der Waals surface area contributed by atoms with Crippen LogP contribution < -0.4 is 21.0 Å². The lowest BCUT2D eigenvalue weighted by atomic mass is 10.2. The Balaban J connectivity index is 1.43. The van der Waals surface area contributed by atoms with E-state index in [0.717, 1.165) is 17.6 Å². The van der Waals surface area contributed by atoms with E-state index in [1.165, 1.54) is 12.4 Å². The molecule has 1 fully saturated rings. The lowest BCUT2D eigenvalue weighted by molar-refractivity contribution is 0.0771. The van der Waals surface area contributed by atoms with Crippen molar-refractivity contribution in [1.29, 1.82) is 0 Å². The summed E-state index contributed by atoms with van der Waals surface area (Å²) in [6, 6.07) is 7.40. The zero-order valence-electron chi connectivity index (χ0n) is 22.1. The number of benzene rings is 1. The molecule has 1 amide bonds. The summed E-state index contributed by atoms with van der Waals surface area (Å²) >= 11 is 0. The molecular formula is C24H28N10O5S. The Bertz CT molecular complexity index is 1640. The molecule has 15 nitrogen and oxygen atoms in total. The zero-order chi connectivity index (χ0) is 28.4. The van der Waals surface area contributed by atoms with Crippen molar-refractivity contribution in [3.8, 4) is 11.4 Å². The molecule has 3 aromatic heterocycles. The Morgan fingerprint density at radius 2 is 1.80 bits per heavy atom. The number of aromatic nitrogens is 6. The number of hydrogen-bond donors (Lipinski definition) is 2. The minimum absolute atomic E-state index is 0.0316. The van der Waals surface area contributed by atoms with Crippen molar-refractivity contribution in [2.75, 3.05) is 55.1 Å². The first-order valence-corrected chi connectivity index (χ1v) is 14.0. The molecule has 0 radical (unpaired) electrons. The Morgan fingerprint density at radius 1 is 1.12 bits per heavy atom. The van der Waals surface area contributed by atoms with E-state index in [0.29, 0.717) is 67.3 Å². The maximum absolute atomic E-state index is 12.1. The molecule has 4 heterocycles. The van der Waals surface area contributed by atoms with Gasteiger partial charge in [-0.25, -0.2) is 30.4 Å². The molecule has 16 heteroatoms. The highest BCUT2D eigenvalue weighted by molar-refractivity contribution is 7.85. The standard InChI is InChI=1S/C24H28N10O5S/c1-32(24-26-12-16(13-27-24)23(35)31-39-40(3,36)37)14-18-28-19-21(33(18)2)29-20(15-4-6-17(25)7-5-15)30-22(19)34-8-10-38-11-9-34/h4-7,12-13H,8-11,14,25H2,1-3H3,(H,31,35). The fourth-order valence-corrected chi connectivity index (χ4v) is 4.31. The van der Waals surface area contributed by atoms with Gasteiger partial charge in [0, 0.05) is 50.8 Å². The van der Waals surface area contributed by atoms with Crippen LogP contribution in [0.3, 0.4) is 0 Å². The van der Waals surface area contributed by atoms with Crippen molar-refractivity contribution in [3.05, 3.63) is 48.0 Å². The third-order valence-corrected chi connectivity index (χ3v) is 6.56. The molecule has 5 rings (SSSR count). The number of nitrogens with one attached hydrogen (secondary N) is 1. The summed E-state index contributed by atoms with van der Waals surface area (Å²) in [4.78, 5) is 39.1. The first kappa shape index (κ1) is 27.2. The van der Waals surface area contributed by atoms with Crippen molar-refractivity contribution in [3.63, 3.8) is 0 Å². The summed E-state index contributed by atoms with van der Waals surface area (Å²) in [6.45, 7) is 2.88. The average Bonchev–Trinajstić information content (AvgIpc) is 3.26. The highest BCUT2D eigenvalue weighted by Crippen LogP contribution is 2.29. The first-order chi connectivity index (χ1) is 19.1. The molecule has 0 spiro atoms. The molecular weight excluding hydrogens is 540 g/mol. The van der Waals surface area contributed by atoms with E-state index in [2.05, 4.69) is 19.2 Å². The Kier molecular flexibility index (Phi) is 7.46. The number of carbonyl (C=O) groups is 1. The highest BCUT2D eigenvalue weighted by atomic mass is 32.2. The van der Waals surface area contributed by atoms with Crippen molar-refractivity contribution in [2.45, 2.75) is 6.54 Å².